The van der Waals surface area contributed by atoms with Crippen LogP contribution in [0.25, 0.3) is 0 Å². The molecule has 144 valence electrons. The lowest BCUT2D eigenvalue weighted by Gasteiger charge is -2.41. The molecule has 0 N–H and O–H groups in total. The molecule has 0 spiro atoms. The van der Waals surface area contributed by atoms with Crippen molar-refractivity contribution in [2.24, 2.45) is 0 Å². The molecule has 4 nitrogen and oxygen atoms in total. The molecular weight excluding hydrogens is 468 g/mol. The zero-order chi connectivity index (χ0) is 18.6. The molecule has 0 bridgehead atoms. The molecule has 2 aliphatic rings. The zero-order valence-electron chi connectivity index (χ0n) is 15.5. The minimum atomic E-state index is 1.10. The van der Waals surface area contributed by atoms with E-state index in [-0.39, 0.29) is 0 Å². The molecule has 2 aromatic carbocycles. The average Bonchev–Trinajstić information content (AvgIpc) is 2.69. The lowest BCUT2D eigenvalue weighted by Crippen LogP contribution is -2.54. The van der Waals surface area contributed by atoms with Crippen LogP contribution in [0.3, 0.4) is 0 Å². The highest BCUT2D eigenvalue weighted by Crippen LogP contribution is 2.23. The van der Waals surface area contributed by atoms with Crippen LogP contribution < -0.4 is 9.80 Å². The van der Waals surface area contributed by atoms with E-state index >= 15 is 0 Å². The Morgan fingerprint density at radius 3 is 1.37 bits per heavy atom. The van der Waals surface area contributed by atoms with Crippen LogP contribution in [-0.4, -0.2) is 68.8 Å². The standard InChI is InChI=1S/C21H26Br2N4/c22-18-3-1-5-20(15-18)26-11-7-24(8-12-26)17-25-9-13-27(14-10-25)21-6-2-4-19(23)16-21/h1-6,15-16H,7-14,17H2. The number of piperazine rings is 2. The minimum Gasteiger partial charge on any atom is -0.369 e. The summed E-state index contributed by atoms with van der Waals surface area (Å²) in [5.41, 5.74) is 2.65. The SMILES string of the molecule is Brc1cccc(N2CCN(CN3CCN(c4cccc(Br)c4)CC3)CC2)c1. The summed E-state index contributed by atoms with van der Waals surface area (Å²) in [7, 11) is 0. The Bertz CT molecular complexity index is 690. The molecule has 4 rings (SSSR count). The highest BCUT2D eigenvalue weighted by molar-refractivity contribution is 9.10. The van der Waals surface area contributed by atoms with Gasteiger partial charge in [0.15, 0.2) is 0 Å². The first-order valence-electron chi connectivity index (χ1n) is 9.63. The van der Waals surface area contributed by atoms with Gasteiger partial charge in [-0.1, -0.05) is 44.0 Å². The highest BCUT2D eigenvalue weighted by atomic mass is 79.9. The maximum Gasteiger partial charge on any atom is 0.0509 e. The summed E-state index contributed by atoms with van der Waals surface area (Å²) in [5.74, 6) is 0. The van der Waals surface area contributed by atoms with Crippen molar-refractivity contribution in [3.05, 3.63) is 57.5 Å². The summed E-state index contributed by atoms with van der Waals surface area (Å²) < 4.78 is 2.32. The molecule has 27 heavy (non-hydrogen) atoms. The van der Waals surface area contributed by atoms with Crippen molar-refractivity contribution in [1.82, 2.24) is 9.80 Å². The normalized spacial score (nSPS) is 19.5. The van der Waals surface area contributed by atoms with E-state index in [4.69, 9.17) is 0 Å². The molecule has 2 fully saturated rings. The second-order valence-corrected chi connectivity index (χ2v) is 9.14. The van der Waals surface area contributed by atoms with E-state index in [0.717, 1.165) is 68.0 Å². The van der Waals surface area contributed by atoms with Gasteiger partial charge in [-0.25, -0.2) is 0 Å². The third kappa shape index (κ3) is 5.05. The van der Waals surface area contributed by atoms with Crippen LogP contribution in [0.4, 0.5) is 11.4 Å². The fraction of sp³-hybridized carbons (Fsp3) is 0.429. The molecule has 0 unspecified atom stereocenters. The van der Waals surface area contributed by atoms with Crippen LogP contribution in [0.15, 0.2) is 57.5 Å². The smallest absolute Gasteiger partial charge is 0.0509 e. The third-order valence-electron chi connectivity index (χ3n) is 5.49. The minimum absolute atomic E-state index is 1.10. The van der Waals surface area contributed by atoms with Gasteiger partial charge < -0.3 is 9.80 Å². The summed E-state index contributed by atoms with van der Waals surface area (Å²) in [6.07, 6.45) is 0. The van der Waals surface area contributed by atoms with Crippen LogP contribution >= 0.6 is 31.9 Å². The number of rotatable bonds is 4. The maximum absolute atomic E-state index is 3.58. The Balaban J connectivity index is 1.23. The predicted molar refractivity (Wildman–Crippen MR) is 121 cm³/mol. The topological polar surface area (TPSA) is 13.0 Å². The fourth-order valence-electron chi connectivity index (χ4n) is 3.92. The van der Waals surface area contributed by atoms with E-state index in [1.165, 1.54) is 11.4 Å². The second kappa shape index (κ2) is 8.95. The number of halogens is 2. The molecule has 0 radical (unpaired) electrons. The van der Waals surface area contributed by atoms with Gasteiger partial charge in [0.25, 0.3) is 0 Å². The molecule has 0 aromatic heterocycles. The first kappa shape index (κ1) is 19.2. The van der Waals surface area contributed by atoms with Gasteiger partial charge in [-0.3, -0.25) is 9.80 Å². The first-order valence-corrected chi connectivity index (χ1v) is 11.2. The van der Waals surface area contributed by atoms with Crippen molar-refractivity contribution in [3.8, 4) is 0 Å². The molecule has 2 saturated heterocycles. The Hall–Kier alpha value is -1.08. The number of nitrogens with zero attached hydrogens (tertiary/aromatic N) is 4. The molecule has 2 aliphatic heterocycles. The van der Waals surface area contributed by atoms with E-state index in [1.807, 2.05) is 0 Å². The van der Waals surface area contributed by atoms with Gasteiger partial charge in [0.2, 0.25) is 0 Å². The molecule has 0 saturated carbocycles. The van der Waals surface area contributed by atoms with Crippen molar-refractivity contribution in [1.29, 1.82) is 0 Å². The Labute approximate surface area is 179 Å². The Morgan fingerprint density at radius 2 is 1.00 bits per heavy atom. The van der Waals surface area contributed by atoms with Crippen LogP contribution in [0, 0.1) is 0 Å². The second-order valence-electron chi connectivity index (χ2n) is 7.31. The monoisotopic (exact) mass is 492 g/mol. The molecule has 0 amide bonds. The molecule has 0 aliphatic carbocycles. The van der Waals surface area contributed by atoms with Crippen LogP contribution in [-0.2, 0) is 0 Å². The van der Waals surface area contributed by atoms with Crippen LogP contribution in [0.1, 0.15) is 0 Å². The first-order chi connectivity index (χ1) is 13.2. The zero-order valence-corrected chi connectivity index (χ0v) is 18.7. The molecule has 6 heteroatoms. The van der Waals surface area contributed by atoms with Crippen molar-refractivity contribution < 1.29 is 0 Å². The lowest BCUT2D eigenvalue weighted by molar-refractivity contribution is 0.120. The summed E-state index contributed by atoms with van der Waals surface area (Å²) >= 11 is 7.16. The van der Waals surface area contributed by atoms with E-state index < -0.39 is 0 Å². The van der Waals surface area contributed by atoms with E-state index in [1.54, 1.807) is 0 Å². The largest absolute Gasteiger partial charge is 0.369 e. The maximum atomic E-state index is 3.58. The van der Waals surface area contributed by atoms with Crippen LogP contribution in [0.2, 0.25) is 0 Å². The van der Waals surface area contributed by atoms with Crippen molar-refractivity contribution in [3.63, 3.8) is 0 Å². The fourth-order valence-corrected chi connectivity index (χ4v) is 4.70. The summed E-state index contributed by atoms with van der Waals surface area (Å²) in [6.45, 7) is 10.1. The number of anilines is 2. The Kier molecular flexibility index (Phi) is 6.38. The molecule has 0 atom stereocenters. The van der Waals surface area contributed by atoms with Gasteiger partial charge in [-0.15, -0.1) is 0 Å². The van der Waals surface area contributed by atoms with E-state index in [0.29, 0.717) is 0 Å². The van der Waals surface area contributed by atoms with Gasteiger partial charge in [-0.05, 0) is 36.4 Å². The number of hydrogen-bond acceptors (Lipinski definition) is 4. The lowest BCUT2D eigenvalue weighted by atomic mass is 10.2. The quantitative estimate of drug-likeness (QED) is 0.635. The summed E-state index contributed by atoms with van der Waals surface area (Å²) in [5, 5.41) is 0. The average molecular weight is 494 g/mol. The number of hydrogen-bond donors (Lipinski definition) is 0. The van der Waals surface area contributed by atoms with Gasteiger partial charge >= 0.3 is 0 Å². The number of benzene rings is 2. The van der Waals surface area contributed by atoms with Crippen molar-refractivity contribution in [2.75, 3.05) is 68.8 Å². The molecule has 2 heterocycles. The highest BCUT2D eigenvalue weighted by Gasteiger charge is 2.22. The Morgan fingerprint density at radius 1 is 0.593 bits per heavy atom. The van der Waals surface area contributed by atoms with Gasteiger partial charge in [-0.2, -0.15) is 0 Å². The molecular formula is C21H26Br2N4. The van der Waals surface area contributed by atoms with E-state index in [2.05, 4.69) is 100.0 Å². The van der Waals surface area contributed by atoms with Crippen molar-refractivity contribution in [2.45, 2.75) is 0 Å². The van der Waals surface area contributed by atoms with Gasteiger partial charge in [0.05, 0.1) is 6.67 Å². The van der Waals surface area contributed by atoms with E-state index in [9.17, 15) is 0 Å². The van der Waals surface area contributed by atoms with Gasteiger partial charge in [0.1, 0.15) is 0 Å². The van der Waals surface area contributed by atoms with Crippen molar-refractivity contribution >= 4 is 43.2 Å². The summed E-state index contributed by atoms with van der Waals surface area (Å²) in [4.78, 5) is 10.2. The predicted octanol–water partition coefficient (Wildman–Crippen LogP) is 4.11. The molecule has 2 aromatic rings. The van der Waals surface area contributed by atoms with Gasteiger partial charge in [0, 0.05) is 72.7 Å². The summed E-state index contributed by atoms with van der Waals surface area (Å²) in [6, 6.07) is 17.3. The van der Waals surface area contributed by atoms with Crippen LogP contribution in [0.5, 0.6) is 0 Å². The third-order valence-corrected chi connectivity index (χ3v) is 6.48.